The molecule has 0 radical (unpaired) electrons. The van der Waals surface area contributed by atoms with Gasteiger partial charge in [0, 0.05) is 11.7 Å². The van der Waals surface area contributed by atoms with Gasteiger partial charge in [-0.3, -0.25) is 0 Å². The number of benzene rings is 2. The number of sulfonamides is 1. The summed E-state index contributed by atoms with van der Waals surface area (Å²) in [6.07, 6.45) is 2.71. The van der Waals surface area contributed by atoms with Gasteiger partial charge in [0.15, 0.2) is 0 Å². The molecule has 0 saturated heterocycles. The minimum absolute atomic E-state index is 0. The van der Waals surface area contributed by atoms with Crippen LogP contribution in [0.4, 0.5) is 5.69 Å². The Kier molecular flexibility index (Phi) is 5.34. The van der Waals surface area contributed by atoms with E-state index in [0.717, 1.165) is 41.6 Å². The summed E-state index contributed by atoms with van der Waals surface area (Å²) in [7, 11) is -3.52. The van der Waals surface area contributed by atoms with Crippen molar-refractivity contribution >= 4 is 28.1 Å². The zero-order chi connectivity index (χ0) is 15.7. The van der Waals surface area contributed by atoms with Gasteiger partial charge in [-0.2, -0.15) is 0 Å². The van der Waals surface area contributed by atoms with Gasteiger partial charge in [0.25, 0.3) is 0 Å². The third-order valence-corrected chi connectivity index (χ3v) is 5.55. The van der Waals surface area contributed by atoms with Crippen molar-refractivity contribution in [3.05, 3.63) is 59.2 Å². The molecule has 0 saturated carbocycles. The van der Waals surface area contributed by atoms with Crippen LogP contribution in [0.1, 0.15) is 35.6 Å². The third-order valence-electron chi connectivity index (χ3n) is 4.08. The second-order valence-electron chi connectivity index (χ2n) is 5.84. The van der Waals surface area contributed by atoms with E-state index < -0.39 is 10.0 Å². The van der Waals surface area contributed by atoms with Crippen LogP contribution in [0.3, 0.4) is 0 Å². The number of rotatable bonds is 3. The number of hydrogen-bond donors (Lipinski definition) is 2. The van der Waals surface area contributed by atoms with E-state index in [9.17, 15) is 8.42 Å². The summed E-state index contributed by atoms with van der Waals surface area (Å²) in [5.41, 5.74) is 9.66. The van der Waals surface area contributed by atoms with Crippen LogP contribution in [-0.2, 0) is 16.4 Å². The van der Waals surface area contributed by atoms with E-state index in [2.05, 4.69) is 4.72 Å². The molecule has 6 heteroatoms. The first-order valence-electron chi connectivity index (χ1n) is 7.43. The van der Waals surface area contributed by atoms with Gasteiger partial charge in [0.05, 0.1) is 4.90 Å². The fraction of sp³-hybridized carbons (Fsp3) is 0.294. The molecule has 3 rings (SSSR count). The van der Waals surface area contributed by atoms with E-state index in [1.54, 1.807) is 18.2 Å². The Morgan fingerprint density at radius 2 is 1.96 bits per heavy atom. The number of nitrogens with two attached hydrogens (primary N) is 1. The highest BCUT2D eigenvalue weighted by Gasteiger charge is 2.25. The Morgan fingerprint density at radius 1 is 1.17 bits per heavy atom. The van der Waals surface area contributed by atoms with E-state index in [-0.39, 0.29) is 18.4 Å². The van der Waals surface area contributed by atoms with Crippen LogP contribution in [0.2, 0.25) is 0 Å². The summed E-state index contributed by atoms with van der Waals surface area (Å²) >= 11 is 0. The Balaban J connectivity index is 0.00000192. The van der Waals surface area contributed by atoms with Crippen molar-refractivity contribution in [1.29, 1.82) is 0 Å². The quantitative estimate of drug-likeness (QED) is 0.832. The maximum Gasteiger partial charge on any atom is 0.241 e. The molecule has 0 fully saturated rings. The summed E-state index contributed by atoms with van der Waals surface area (Å²) in [5, 5.41) is 0. The Bertz CT molecular complexity index is 806. The normalized spacial score (nSPS) is 17.2. The number of anilines is 1. The van der Waals surface area contributed by atoms with Crippen molar-refractivity contribution < 1.29 is 8.42 Å². The van der Waals surface area contributed by atoms with E-state index in [0.29, 0.717) is 4.90 Å². The zero-order valence-corrected chi connectivity index (χ0v) is 14.6. The molecule has 23 heavy (non-hydrogen) atoms. The lowest BCUT2D eigenvalue weighted by Crippen LogP contribution is -2.31. The van der Waals surface area contributed by atoms with Crippen molar-refractivity contribution in [2.45, 2.75) is 37.1 Å². The summed E-state index contributed by atoms with van der Waals surface area (Å²) in [6.45, 7) is 1.89. The molecule has 0 heterocycles. The topological polar surface area (TPSA) is 72.2 Å². The van der Waals surface area contributed by atoms with E-state index in [1.165, 1.54) is 0 Å². The zero-order valence-electron chi connectivity index (χ0n) is 13.0. The maximum atomic E-state index is 12.6. The molecule has 1 aliphatic carbocycles. The standard InChI is InChI=1S/C17H20N2O2S.ClH/c1-12-4-2-6-15(10-12)22(20,21)19-17-7-3-5-13-11-14(18)8-9-16(13)17;/h2,4,6,8-11,17,19H,3,5,7,18H2,1H3;1H. The average Bonchev–Trinajstić information content (AvgIpc) is 2.47. The number of nitrogens with one attached hydrogen (secondary N) is 1. The van der Waals surface area contributed by atoms with Crippen LogP contribution in [0.25, 0.3) is 0 Å². The molecule has 0 amide bonds. The van der Waals surface area contributed by atoms with Gasteiger partial charge < -0.3 is 5.73 Å². The Hall–Kier alpha value is -1.56. The number of halogens is 1. The first kappa shape index (κ1) is 17.8. The highest BCUT2D eigenvalue weighted by atomic mass is 35.5. The summed E-state index contributed by atoms with van der Waals surface area (Å²) in [4.78, 5) is 0.315. The van der Waals surface area contributed by atoms with Crippen LogP contribution in [0.5, 0.6) is 0 Å². The van der Waals surface area contributed by atoms with Crippen molar-refractivity contribution in [2.24, 2.45) is 0 Å². The van der Waals surface area contributed by atoms with Gasteiger partial charge in [0.1, 0.15) is 0 Å². The van der Waals surface area contributed by atoms with Crippen LogP contribution < -0.4 is 10.5 Å². The molecular weight excluding hydrogens is 332 g/mol. The van der Waals surface area contributed by atoms with Crippen molar-refractivity contribution in [2.75, 3.05) is 5.73 Å². The predicted octanol–water partition coefficient (Wildman–Crippen LogP) is 3.35. The molecule has 4 nitrogen and oxygen atoms in total. The second kappa shape index (κ2) is 6.91. The molecule has 124 valence electrons. The van der Waals surface area contributed by atoms with Crippen LogP contribution >= 0.6 is 12.4 Å². The van der Waals surface area contributed by atoms with Crippen LogP contribution in [0, 0.1) is 6.92 Å². The fourth-order valence-corrected chi connectivity index (χ4v) is 4.35. The monoisotopic (exact) mass is 352 g/mol. The fourth-order valence-electron chi connectivity index (χ4n) is 2.99. The smallest absolute Gasteiger partial charge is 0.241 e. The summed E-state index contributed by atoms with van der Waals surface area (Å²) < 4.78 is 28.0. The first-order chi connectivity index (χ1) is 10.5. The second-order valence-corrected chi connectivity index (χ2v) is 7.55. The lowest BCUT2D eigenvalue weighted by Gasteiger charge is -2.26. The van der Waals surface area contributed by atoms with E-state index in [4.69, 9.17) is 5.73 Å². The van der Waals surface area contributed by atoms with Gasteiger partial charge in [-0.25, -0.2) is 13.1 Å². The molecule has 1 unspecified atom stereocenters. The summed E-state index contributed by atoms with van der Waals surface area (Å²) in [6, 6.07) is 12.5. The molecule has 1 aliphatic rings. The number of nitrogen functional groups attached to an aromatic ring is 1. The molecule has 2 aromatic carbocycles. The SMILES string of the molecule is Cc1cccc(S(=O)(=O)NC2CCCc3cc(N)ccc32)c1.Cl. The van der Waals surface area contributed by atoms with Gasteiger partial charge >= 0.3 is 0 Å². The maximum absolute atomic E-state index is 12.6. The van der Waals surface area contributed by atoms with Crippen molar-refractivity contribution in [1.82, 2.24) is 4.72 Å². The predicted molar refractivity (Wildman–Crippen MR) is 95.3 cm³/mol. The molecule has 1 atom stereocenters. The van der Waals surface area contributed by atoms with Gasteiger partial charge in [-0.1, -0.05) is 18.2 Å². The van der Waals surface area contributed by atoms with Gasteiger partial charge in [-0.05, 0) is 67.1 Å². The minimum Gasteiger partial charge on any atom is -0.399 e. The van der Waals surface area contributed by atoms with E-state index in [1.807, 2.05) is 31.2 Å². The summed E-state index contributed by atoms with van der Waals surface area (Å²) in [5.74, 6) is 0. The van der Waals surface area contributed by atoms with Crippen molar-refractivity contribution in [3.63, 3.8) is 0 Å². The van der Waals surface area contributed by atoms with Crippen LogP contribution in [-0.4, -0.2) is 8.42 Å². The van der Waals surface area contributed by atoms with E-state index >= 15 is 0 Å². The Morgan fingerprint density at radius 3 is 2.70 bits per heavy atom. The third kappa shape index (κ3) is 3.86. The number of fused-ring (bicyclic) bond motifs is 1. The average molecular weight is 353 g/mol. The highest BCUT2D eigenvalue weighted by Crippen LogP contribution is 2.32. The molecule has 3 N–H and O–H groups in total. The number of aryl methyl sites for hydroxylation is 2. The first-order valence-corrected chi connectivity index (χ1v) is 8.91. The largest absolute Gasteiger partial charge is 0.399 e. The molecule has 0 bridgehead atoms. The van der Waals surface area contributed by atoms with Crippen molar-refractivity contribution in [3.8, 4) is 0 Å². The highest BCUT2D eigenvalue weighted by molar-refractivity contribution is 7.89. The van der Waals surface area contributed by atoms with Gasteiger partial charge in [0.2, 0.25) is 10.0 Å². The number of hydrogen-bond acceptors (Lipinski definition) is 3. The molecule has 0 aromatic heterocycles. The lowest BCUT2D eigenvalue weighted by atomic mass is 9.88. The molecule has 0 aliphatic heterocycles. The lowest BCUT2D eigenvalue weighted by molar-refractivity contribution is 0.507. The van der Waals surface area contributed by atoms with Crippen LogP contribution in [0.15, 0.2) is 47.4 Å². The Labute approximate surface area is 143 Å². The minimum atomic E-state index is -3.52. The molecule has 0 spiro atoms. The molecule has 2 aromatic rings. The van der Waals surface area contributed by atoms with Gasteiger partial charge in [-0.15, -0.1) is 12.4 Å². The molecular formula is C17H21ClN2O2S.